The maximum Gasteiger partial charge on any atom is 0.254 e. The maximum absolute atomic E-state index is 13.7. The number of para-hydroxylation sites is 1. The van der Waals surface area contributed by atoms with Crippen molar-refractivity contribution < 1.29 is 14.0 Å². The molecule has 3 aromatic rings. The summed E-state index contributed by atoms with van der Waals surface area (Å²) in [4.78, 5) is 39.8. The minimum absolute atomic E-state index is 0.222. The van der Waals surface area contributed by atoms with E-state index in [1.54, 1.807) is 48.2 Å². The van der Waals surface area contributed by atoms with Crippen LogP contribution < -0.4 is 10.9 Å². The Morgan fingerprint density at radius 3 is 2.43 bits per heavy atom. The van der Waals surface area contributed by atoms with Gasteiger partial charge in [0.2, 0.25) is 5.91 Å². The Labute approximate surface area is 173 Å². The van der Waals surface area contributed by atoms with Crippen LogP contribution in [-0.4, -0.2) is 34.4 Å². The average molecular weight is 409 g/mol. The molecule has 1 heterocycles. The van der Waals surface area contributed by atoms with Crippen molar-refractivity contribution in [2.45, 2.75) is 27.3 Å². The van der Waals surface area contributed by atoms with Crippen LogP contribution in [0.4, 0.5) is 10.1 Å². The van der Waals surface area contributed by atoms with E-state index in [-0.39, 0.29) is 12.5 Å². The molecule has 7 heteroatoms. The van der Waals surface area contributed by atoms with Gasteiger partial charge in [-0.1, -0.05) is 24.3 Å². The second-order valence-corrected chi connectivity index (χ2v) is 6.99. The van der Waals surface area contributed by atoms with Gasteiger partial charge in [-0.25, -0.2) is 4.39 Å². The van der Waals surface area contributed by atoms with E-state index < -0.39 is 17.3 Å². The summed E-state index contributed by atoms with van der Waals surface area (Å²) in [6.45, 7) is 6.19. The molecule has 0 aliphatic heterocycles. The summed E-state index contributed by atoms with van der Waals surface area (Å²) in [6, 6.07) is 12.7. The summed E-state index contributed by atoms with van der Waals surface area (Å²) in [6.07, 6.45) is 0. The van der Waals surface area contributed by atoms with Crippen molar-refractivity contribution in [3.8, 4) is 0 Å². The molecule has 0 unspecified atom stereocenters. The monoisotopic (exact) mass is 409 g/mol. The predicted octanol–water partition coefficient (Wildman–Crippen LogP) is 3.57. The van der Waals surface area contributed by atoms with Crippen LogP contribution in [0.15, 0.2) is 53.3 Å². The van der Waals surface area contributed by atoms with Crippen molar-refractivity contribution in [2.75, 3.05) is 18.4 Å². The Morgan fingerprint density at radius 1 is 1.07 bits per heavy atom. The molecule has 1 aromatic heterocycles. The van der Waals surface area contributed by atoms with Crippen molar-refractivity contribution >= 4 is 28.4 Å². The first-order valence-electron chi connectivity index (χ1n) is 9.83. The number of pyridine rings is 1. The third kappa shape index (κ3) is 4.25. The zero-order valence-electron chi connectivity index (χ0n) is 17.2. The number of aryl methyl sites for hydroxylation is 1. The van der Waals surface area contributed by atoms with E-state index in [1.165, 1.54) is 16.7 Å². The molecule has 0 saturated heterocycles. The number of rotatable bonds is 6. The number of carbonyl (C=O) groups excluding carboxylic acids is 2. The minimum Gasteiger partial charge on any atom is -0.339 e. The molecule has 0 bridgehead atoms. The molecule has 3 rings (SSSR count). The van der Waals surface area contributed by atoms with E-state index in [1.807, 2.05) is 13.8 Å². The largest absolute Gasteiger partial charge is 0.339 e. The quantitative estimate of drug-likeness (QED) is 0.677. The lowest BCUT2D eigenvalue weighted by molar-refractivity contribution is -0.116. The lowest BCUT2D eigenvalue weighted by Gasteiger charge is -2.20. The van der Waals surface area contributed by atoms with Crippen molar-refractivity contribution in [1.29, 1.82) is 0 Å². The molecule has 0 aliphatic carbocycles. The van der Waals surface area contributed by atoms with Gasteiger partial charge in [-0.15, -0.1) is 0 Å². The van der Waals surface area contributed by atoms with E-state index in [2.05, 4.69) is 5.32 Å². The van der Waals surface area contributed by atoms with Gasteiger partial charge in [-0.05, 0) is 44.5 Å². The number of fused-ring (bicyclic) bond motifs is 1. The molecule has 0 atom stereocenters. The van der Waals surface area contributed by atoms with Gasteiger partial charge in [0.1, 0.15) is 12.4 Å². The normalized spacial score (nSPS) is 10.8. The molecule has 30 heavy (non-hydrogen) atoms. The van der Waals surface area contributed by atoms with Crippen LogP contribution in [0.25, 0.3) is 10.9 Å². The first-order chi connectivity index (χ1) is 14.3. The second-order valence-electron chi connectivity index (χ2n) is 6.99. The van der Waals surface area contributed by atoms with Crippen LogP contribution in [0.2, 0.25) is 0 Å². The highest BCUT2D eigenvalue weighted by Crippen LogP contribution is 2.19. The molecule has 0 radical (unpaired) electrons. The second kappa shape index (κ2) is 8.90. The van der Waals surface area contributed by atoms with Crippen LogP contribution in [0, 0.1) is 12.7 Å². The topological polar surface area (TPSA) is 71.4 Å². The number of carbonyl (C=O) groups is 2. The summed E-state index contributed by atoms with van der Waals surface area (Å²) >= 11 is 0. The van der Waals surface area contributed by atoms with E-state index in [9.17, 15) is 18.8 Å². The molecule has 0 fully saturated rings. The maximum atomic E-state index is 13.7. The molecule has 6 nitrogen and oxygen atoms in total. The van der Waals surface area contributed by atoms with E-state index in [0.29, 0.717) is 40.8 Å². The van der Waals surface area contributed by atoms with Gasteiger partial charge < -0.3 is 10.2 Å². The highest BCUT2D eigenvalue weighted by molar-refractivity contribution is 6.06. The fourth-order valence-electron chi connectivity index (χ4n) is 3.37. The first-order valence-corrected chi connectivity index (χ1v) is 9.83. The van der Waals surface area contributed by atoms with Gasteiger partial charge in [0, 0.05) is 30.2 Å². The fourth-order valence-corrected chi connectivity index (χ4v) is 3.37. The SMILES string of the molecule is CCN(CC)C(=O)c1cc(=O)n(CC(=O)Nc2ccc(C)c(F)c2)c2ccccc12. The van der Waals surface area contributed by atoms with Crippen molar-refractivity contribution in [2.24, 2.45) is 0 Å². The number of benzene rings is 2. The third-order valence-electron chi connectivity index (χ3n) is 5.06. The fraction of sp³-hybridized carbons (Fsp3) is 0.261. The third-order valence-corrected chi connectivity index (χ3v) is 5.06. The van der Waals surface area contributed by atoms with Crippen molar-refractivity contribution in [3.63, 3.8) is 0 Å². The summed E-state index contributed by atoms with van der Waals surface area (Å²) < 4.78 is 15.0. The number of hydrogen-bond acceptors (Lipinski definition) is 3. The molecule has 0 spiro atoms. The average Bonchev–Trinajstić information content (AvgIpc) is 2.73. The Bertz CT molecular complexity index is 1170. The Kier molecular flexibility index (Phi) is 6.30. The van der Waals surface area contributed by atoms with Crippen LogP contribution >= 0.6 is 0 Å². The minimum atomic E-state index is -0.465. The summed E-state index contributed by atoms with van der Waals surface area (Å²) in [5, 5.41) is 3.21. The molecule has 2 aromatic carbocycles. The number of aromatic nitrogens is 1. The molecule has 0 saturated carbocycles. The van der Waals surface area contributed by atoms with Gasteiger partial charge in [0.25, 0.3) is 11.5 Å². The lowest BCUT2D eigenvalue weighted by atomic mass is 10.1. The Hall–Kier alpha value is -3.48. The smallest absolute Gasteiger partial charge is 0.254 e. The van der Waals surface area contributed by atoms with E-state index in [4.69, 9.17) is 0 Å². The highest BCUT2D eigenvalue weighted by Gasteiger charge is 2.19. The van der Waals surface area contributed by atoms with Crippen LogP contribution in [0.1, 0.15) is 29.8 Å². The predicted molar refractivity (Wildman–Crippen MR) is 115 cm³/mol. The number of anilines is 1. The molecular weight excluding hydrogens is 385 g/mol. The molecular formula is C23H24FN3O3. The lowest BCUT2D eigenvalue weighted by Crippen LogP contribution is -2.33. The molecule has 1 N–H and O–H groups in total. The number of nitrogens with one attached hydrogen (secondary N) is 1. The van der Waals surface area contributed by atoms with Crippen molar-refractivity contribution in [1.82, 2.24) is 9.47 Å². The summed E-state index contributed by atoms with van der Waals surface area (Å²) in [5.41, 5.74) is 1.15. The molecule has 156 valence electrons. The van der Waals surface area contributed by atoms with Gasteiger partial charge in [0.15, 0.2) is 0 Å². The van der Waals surface area contributed by atoms with Gasteiger partial charge in [0.05, 0.1) is 11.1 Å². The van der Waals surface area contributed by atoms with Gasteiger partial charge >= 0.3 is 0 Å². The molecule has 2 amide bonds. The van der Waals surface area contributed by atoms with Crippen LogP contribution in [-0.2, 0) is 11.3 Å². The van der Waals surface area contributed by atoms with Crippen LogP contribution in [0.3, 0.4) is 0 Å². The van der Waals surface area contributed by atoms with Gasteiger partial charge in [-0.2, -0.15) is 0 Å². The zero-order valence-corrected chi connectivity index (χ0v) is 17.2. The summed E-state index contributed by atoms with van der Waals surface area (Å²) in [5.74, 6) is -1.11. The highest BCUT2D eigenvalue weighted by atomic mass is 19.1. The van der Waals surface area contributed by atoms with Gasteiger partial charge in [-0.3, -0.25) is 19.0 Å². The Morgan fingerprint density at radius 2 is 1.77 bits per heavy atom. The number of amides is 2. The molecule has 0 aliphatic rings. The van der Waals surface area contributed by atoms with Crippen LogP contribution in [0.5, 0.6) is 0 Å². The zero-order chi connectivity index (χ0) is 21.8. The number of halogens is 1. The first kappa shape index (κ1) is 21.2. The van der Waals surface area contributed by atoms with E-state index in [0.717, 1.165) is 0 Å². The standard InChI is InChI=1S/C23H24FN3O3/c1-4-26(5-2)23(30)18-13-22(29)27(20-9-7-6-8-17(18)20)14-21(28)25-16-11-10-15(3)19(24)12-16/h6-13H,4-5,14H2,1-3H3,(H,25,28). The number of nitrogens with zero attached hydrogens (tertiary/aromatic N) is 2. The summed E-state index contributed by atoms with van der Waals surface area (Å²) in [7, 11) is 0. The Balaban J connectivity index is 1.97. The van der Waals surface area contributed by atoms with Crippen molar-refractivity contribution in [3.05, 3.63) is 75.8 Å². The van der Waals surface area contributed by atoms with E-state index >= 15 is 0 Å². The number of hydrogen-bond donors (Lipinski definition) is 1.